The highest BCUT2D eigenvalue weighted by molar-refractivity contribution is 5.91. The molecule has 0 amide bonds. The third-order valence-electron chi connectivity index (χ3n) is 11.2. The van der Waals surface area contributed by atoms with Crippen LogP contribution >= 0.6 is 0 Å². The smallest absolute Gasteiger partial charge is 0.417 e. The predicted octanol–water partition coefficient (Wildman–Crippen LogP) is 6.64. The largest absolute Gasteiger partial charge is 0.457 e. The summed E-state index contributed by atoms with van der Waals surface area (Å²) in [6, 6.07) is 0. The second kappa shape index (κ2) is 11.8. The summed E-state index contributed by atoms with van der Waals surface area (Å²) in [5, 5.41) is 10.4. The molecule has 0 aliphatic heterocycles. The van der Waals surface area contributed by atoms with Gasteiger partial charge in [0.05, 0.1) is 6.61 Å². The molecule has 10 atom stereocenters. The molecule has 234 valence electrons. The molecule has 0 aromatic carbocycles. The van der Waals surface area contributed by atoms with Gasteiger partial charge in [-0.05, 0) is 125 Å². The Morgan fingerprint density at radius 2 is 1.61 bits per heavy atom. The van der Waals surface area contributed by atoms with Crippen LogP contribution < -0.4 is 0 Å². The number of ether oxygens (including phenoxy) is 3. The molecule has 4 aliphatic carbocycles. The van der Waals surface area contributed by atoms with Crippen LogP contribution in [0.5, 0.6) is 0 Å². The van der Waals surface area contributed by atoms with Crippen LogP contribution in [0.4, 0.5) is 13.2 Å². The van der Waals surface area contributed by atoms with Gasteiger partial charge in [-0.1, -0.05) is 13.8 Å². The molecule has 6 nitrogen and oxygen atoms in total. The Labute approximate surface area is 242 Å². The lowest BCUT2D eigenvalue weighted by Gasteiger charge is -2.57. The molecule has 0 aromatic rings. The molecule has 1 unspecified atom stereocenters. The summed E-state index contributed by atoms with van der Waals surface area (Å²) in [5.41, 5.74) is -3.14. The number of halogens is 3. The van der Waals surface area contributed by atoms with E-state index in [1.807, 2.05) is 0 Å². The molecule has 0 heterocycles. The van der Waals surface area contributed by atoms with Gasteiger partial charge in [-0.2, -0.15) is 13.2 Å². The number of hydrogen-bond acceptors (Lipinski definition) is 6. The van der Waals surface area contributed by atoms with Crippen LogP contribution in [0.25, 0.3) is 0 Å². The molecule has 0 aromatic heterocycles. The minimum absolute atomic E-state index is 0.0354. The highest BCUT2D eigenvalue weighted by atomic mass is 19.4. The highest BCUT2D eigenvalue weighted by Gasteiger charge is 2.62. The maximum atomic E-state index is 13.6. The molecule has 0 spiro atoms. The normalized spacial score (nSPS) is 38.9. The Bertz CT molecular complexity index is 989. The van der Waals surface area contributed by atoms with Crippen molar-refractivity contribution in [1.82, 2.24) is 0 Å². The molecule has 4 aliphatic rings. The van der Waals surface area contributed by atoms with Crippen molar-refractivity contribution in [1.29, 1.82) is 0 Å². The Hall–Kier alpha value is -1.61. The highest BCUT2D eigenvalue weighted by Crippen LogP contribution is 2.66. The molecule has 9 heteroatoms. The fourth-order valence-corrected chi connectivity index (χ4v) is 9.42. The van der Waals surface area contributed by atoms with Crippen LogP contribution in [0, 0.1) is 46.8 Å². The summed E-state index contributed by atoms with van der Waals surface area (Å²) >= 11 is 0. The Balaban J connectivity index is 1.42. The van der Waals surface area contributed by atoms with Crippen LogP contribution in [0.15, 0.2) is 12.2 Å². The molecule has 4 rings (SSSR count). The van der Waals surface area contributed by atoms with Crippen molar-refractivity contribution < 1.29 is 42.1 Å². The lowest BCUT2D eigenvalue weighted by Crippen LogP contribution is -2.55. The van der Waals surface area contributed by atoms with Crippen molar-refractivity contribution >= 4 is 11.9 Å². The fraction of sp³-hybridized carbons (Fsp3) is 0.875. The summed E-state index contributed by atoms with van der Waals surface area (Å²) in [6.45, 7) is 10.0. The van der Waals surface area contributed by atoms with E-state index < -0.39 is 35.4 Å². The molecule has 4 fully saturated rings. The van der Waals surface area contributed by atoms with Crippen molar-refractivity contribution in [3.8, 4) is 0 Å². The van der Waals surface area contributed by atoms with E-state index in [0.717, 1.165) is 50.7 Å². The summed E-state index contributed by atoms with van der Waals surface area (Å²) in [5.74, 6) is 0.737. The predicted molar refractivity (Wildman–Crippen MR) is 148 cm³/mol. The van der Waals surface area contributed by atoms with E-state index >= 15 is 0 Å². The number of alkyl halides is 3. The van der Waals surface area contributed by atoms with E-state index in [-0.39, 0.29) is 42.6 Å². The second-order valence-electron chi connectivity index (χ2n) is 14.6. The Kier molecular flexibility index (Phi) is 9.31. The summed E-state index contributed by atoms with van der Waals surface area (Å²) < 4.78 is 57.2. The molecule has 4 saturated carbocycles. The fourth-order valence-electron chi connectivity index (χ4n) is 9.42. The van der Waals surface area contributed by atoms with E-state index in [1.54, 1.807) is 27.9 Å². The van der Waals surface area contributed by atoms with Crippen molar-refractivity contribution in [2.24, 2.45) is 46.8 Å². The minimum Gasteiger partial charge on any atom is -0.457 e. The number of methoxy groups -OCH3 is 1. The number of esters is 2. The van der Waals surface area contributed by atoms with Crippen LogP contribution in [-0.2, 0) is 23.8 Å². The van der Waals surface area contributed by atoms with Gasteiger partial charge < -0.3 is 19.3 Å². The molecule has 0 bridgehead atoms. The topological polar surface area (TPSA) is 82.1 Å². The van der Waals surface area contributed by atoms with Crippen molar-refractivity contribution in [2.45, 2.75) is 116 Å². The quantitative estimate of drug-likeness (QED) is 0.266. The van der Waals surface area contributed by atoms with Crippen LogP contribution in [0.2, 0.25) is 0 Å². The van der Waals surface area contributed by atoms with E-state index in [1.165, 1.54) is 0 Å². The summed E-state index contributed by atoms with van der Waals surface area (Å²) in [4.78, 5) is 24.6. The van der Waals surface area contributed by atoms with Gasteiger partial charge >= 0.3 is 18.1 Å². The molecule has 1 N–H and O–H groups in total. The third kappa shape index (κ3) is 6.66. The number of rotatable bonds is 7. The Morgan fingerprint density at radius 1 is 0.951 bits per heavy atom. The number of hydrogen-bond donors (Lipinski definition) is 1. The van der Waals surface area contributed by atoms with Gasteiger partial charge in [0.25, 0.3) is 0 Å². The van der Waals surface area contributed by atoms with Gasteiger partial charge in [-0.15, -0.1) is 0 Å². The SMILES string of the molecule is COC[C@@H](OC(=O)/C=C/C(=O)OC(C)(C)C)[C@@H](C)[C@H]1CC[C@H]2[C@@H]3CC[C@@H]4C[C@@](O)(C(F)(F)F)CC[C@@H]4[C@H]3CCC12C. The van der Waals surface area contributed by atoms with Gasteiger partial charge in [0, 0.05) is 19.3 Å². The van der Waals surface area contributed by atoms with Crippen molar-refractivity contribution in [3.63, 3.8) is 0 Å². The minimum atomic E-state index is -4.57. The standard InChI is InChI=1S/C32H49F3O6/c1-19(26(18-39-6)40-27(36)11-12-28(37)41-29(2,3)4)24-9-10-25-23-8-7-20-17-31(38,32(33,34)35)16-14-21(20)22(23)13-15-30(24,25)5/h11-12,19-26,38H,7-10,13-18H2,1-6H3/b12-11+/t19-,20+,21-,22+,23+,24+,25-,26+,30?,31+/m0/s1. The van der Waals surface area contributed by atoms with Gasteiger partial charge in [0.2, 0.25) is 0 Å². The summed E-state index contributed by atoms with van der Waals surface area (Å²) in [6.07, 6.45) is 3.04. The van der Waals surface area contributed by atoms with Gasteiger partial charge in [-0.3, -0.25) is 0 Å². The van der Waals surface area contributed by atoms with Crippen molar-refractivity contribution in [3.05, 3.63) is 12.2 Å². The maximum Gasteiger partial charge on any atom is 0.417 e. The maximum absolute atomic E-state index is 13.6. The zero-order chi connectivity index (χ0) is 30.4. The monoisotopic (exact) mass is 586 g/mol. The average molecular weight is 587 g/mol. The first-order valence-electron chi connectivity index (χ1n) is 15.4. The second-order valence-corrected chi connectivity index (χ2v) is 14.6. The molecular formula is C32H49F3O6. The lowest BCUT2D eigenvalue weighted by atomic mass is 9.48. The Morgan fingerprint density at radius 3 is 2.24 bits per heavy atom. The first kappa shape index (κ1) is 32.3. The van der Waals surface area contributed by atoms with E-state index in [9.17, 15) is 27.9 Å². The van der Waals surface area contributed by atoms with Gasteiger partial charge in [-0.25, -0.2) is 9.59 Å². The van der Waals surface area contributed by atoms with Crippen LogP contribution in [-0.4, -0.2) is 54.2 Å². The first-order valence-corrected chi connectivity index (χ1v) is 15.4. The summed E-state index contributed by atoms with van der Waals surface area (Å²) in [7, 11) is 1.58. The molecule has 0 saturated heterocycles. The van der Waals surface area contributed by atoms with Crippen molar-refractivity contribution in [2.75, 3.05) is 13.7 Å². The molecule has 0 radical (unpaired) electrons. The average Bonchev–Trinajstić information content (AvgIpc) is 3.22. The van der Waals surface area contributed by atoms with Crippen LogP contribution in [0.3, 0.4) is 0 Å². The van der Waals surface area contributed by atoms with E-state index in [4.69, 9.17) is 14.2 Å². The third-order valence-corrected chi connectivity index (χ3v) is 11.2. The van der Waals surface area contributed by atoms with Crippen LogP contribution in [0.1, 0.15) is 92.4 Å². The van der Waals surface area contributed by atoms with E-state index in [2.05, 4.69) is 13.8 Å². The zero-order valence-corrected chi connectivity index (χ0v) is 25.5. The zero-order valence-electron chi connectivity index (χ0n) is 25.5. The first-order chi connectivity index (χ1) is 19.0. The molecular weight excluding hydrogens is 537 g/mol. The number of carbonyl (C=O) groups is 2. The number of carbonyl (C=O) groups excluding carboxylic acids is 2. The van der Waals surface area contributed by atoms with Gasteiger partial charge in [0.15, 0.2) is 5.60 Å². The molecule has 41 heavy (non-hydrogen) atoms. The number of aliphatic hydroxyl groups is 1. The van der Waals surface area contributed by atoms with E-state index in [0.29, 0.717) is 30.1 Å². The lowest BCUT2D eigenvalue weighted by molar-refractivity contribution is -0.282. The van der Waals surface area contributed by atoms with Gasteiger partial charge in [0.1, 0.15) is 11.7 Å². The number of fused-ring (bicyclic) bond motifs is 5.